The van der Waals surface area contributed by atoms with E-state index in [1.807, 2.05) is 38.1 Å². The lowest BCUT2D eigenvalue weighted by atomic mass is 10.1. The maximum absolute atomic E-state index is 11.0. The van der Waals surface area contributed by atoms with E-state index in [9.17, 15) is 4.79 Å². The first kappa shape index (κ1) is 12.6. The molecule has 0 spiro atoms. The first-order valence-corrected chi connectivity index (χ1v) is 6.35. The van der Waals surface area contributed by atoms with E-state index in [0.29, 0.717) is 0 Å². The Morgan fingerprint density at radius 1 is 1.39 bits per heavy atom. The van der Waals surface area contributed by atoms with Crippen LogP contribution in [0.1, 0.15) is 38.6 Å². The third-order valence-corrected chi connectivity index (χ3v) is 3.23. The van der Waals surface area contributed by atoms with E-state index >= 15 is 0 Å². The third-order valence-electron chi connectivity index (χ3n) is 3.23. The fraction of sp³-hybridized carbons (Fsp3) is 0.429. The number of rotatable bonds is 5. The van der Waals surface area contributed by atoms with Crippen LogP contribution in [-0.2, 0) is 11.2 Å². The van der Waals surface area contributed by atoms with Crippen molar-refractivity contribution in [3.8, 4) is 0 Å². The lowest BCUT2D eigenvalue weighted by Crippen LogP contribution is -2.15. The van der Waals surface area contributed by atoms with Crippen molar-refractivity contribution in [3.05, 3.63) is 30.1 Å². The highest BCUT2D eigenvalue weighted by molar-refractivity contribution is 5.76. The standard InChI is InChI=1S/C14H18N2O2/c1-3-10(9-14(17)18)16-12-8-6-5-7-11(12)15-13(16)4-2/h5-8,10H,3-4,9H2,1-2H3,(H,17,18). The molecule has 4 heteroatoms. The van der Waals surface area contributed by atoms with Gasteiger partial charge in [0.15, 0.2) is 0 Å². The second-order valence-electron chi connectivity index (χ2n) is 4.40. The van der Waals surface area contributed by atoms with E-state index in [0.717, 1.165) is 29.7 Å². The van der Waals surface area contributed by atoms with Gasteiger partial charge in [-0.25, -0.2) is 4.98 Å². The molecule has 0 aliphatic rings. The van der Waals surface area contributed by atoms with E-state index in [-0.39, 0.29) is 12.5 Å². The van der Waals surface area contributed by atoms with Crippen LogP contribution in [0.3, 0.4) is 0 Å². The molecule has 96 valence electrons. The molecular weight excluding hydrogens is 228 g/mol. The molecule has 1 heterocycles. The number of hydrogen-bond donors (Lipinski definition) is 1. The van der Waals surface area contributed by atoms with Gasteiger partial charge < -0.3 is 9.67 Å². The number of aliphatic carboxylic acids is 1. The van der Waals surface area contributed by atoms with Crippen LogP contribution in [0.5, 0.6) is 0 Å². The molecule has 0 radical (unpaired) electrons. The molecular formula is C14H18N2O2. The number of benzene rings is 1. The number of hydrogen-bond acceptors (Lipinski definition) is 2. The van der Waals surface area contributed by atoms with Gasteiger partial charge in [-0.2, -0.15) is 0 Å². The molecule has 1 atom stereocenters. The Labute approximate surface area is 106 Å². The Hall–Kier alpha value is -1.84. The van der Waals surface area contributed by atoms with Crippen LogP contribution >= 0.6 is 0 Å². The maximum Gasteiger partial charge on any atom is 0.305 e. The number of carbonyl (C=O) groups is 1. The summed E-state index contributed by atoms with van der Waals surface area (Å²) >= 11 is 0. The molecule has 4 nitrogen and oxygen atoms in total. The number of fused-ring (bicyclic) bond motifs is 1. The Morgan fingerprint density at radius 3 is 2.72 bits per heavy atom. The summed E-state index contributed by atoms with van der Waals surface area (Å²) in [5, 5.41) is 9.02. The van der Waals surface area contributed by atoms with Crippen molar-refractivity contribution in [2.45, 2.75) is 39.2 Å². The molecule has 2 rings (SSSR count). The van der Waals surface area contributed by atoms with Crippen LogP contribution in [0, 0.1) is 0 Å². The zero-order valence-electron chi connectivity index (χ0n) is 10.8. The van der Waals surface area contributed by atoms with E-state index in [1.165, 1.54) is 0 Å². The Morgan fingerprint density at radius 2 is 2.11 bits per heavy atom. The van der Waals surface area contributed by atoms with Crippen molar-refractivity contribution in [2.75, 3.05) is 0 Å². The largest absolute Gasteiger partial charge is 0.481 e. The Balaban J connectivity index is 2.55. The van der Waals surface area contributed by atoms with Crippen molar-refractivity contribution in [3.63, 3.8) is 0 Å². The maximum atomic E-state index is 11.0. The molecule has 0 aliphatic carbocycles. The zero-order chi connectivity index (χ0) is 13.1. The second-order valence-corrected chi connectivity index (χ2v) is 4.40. The molecule has 1 N–H and O–H groups in total. The molecule has 2 aromatic rings. The van der Waals surface area contributed by atoms with Crippen molar-refractivity contribution >= 4 is 17.0 Å². The Bertz CT molecular complexity index is 560. The van der Waals surface area contributed by atoms with Crippen LogP contribution in [0.25, 0.3) is 11.0 Å². The van der Waals surface area contributed by atoms with Gasteiger partial charge in [0.05, 0.1) is 17.5 Å². The number of imidazole rings is 1. The van der Waals surface area contributed by atoms with E-state index in [1.54, 1.807) is 0 Å². The van der Waals surface area contributed by atoms with Crippen LogP contribution in [0.4, 0.5) is 0 Å². The highest BCUT2D eigenvalue weighted by Gasteiger charge is 2.19. The summed E-state index contributed by atoms with van der Waals surface area (Å²) in [5.41, 5.74) is 1.97. The molecule has 0 bridgehead atoms. The Kier molecular flexibility index (Phi) is 3.65. The minimum Gasteiger partial charge on any atom is -0.481 e. The van der Waals surface area contributed by atoms with Gasteiger partial charge >= 0.3 is 5.97 Å². The normalized spacial score (nSPS) is 12.8. The predicted octanol–water partition coefficient (Wildman–Crippen LogP) is 3.02. The zero-order valence-corrected chi connectivity index (χ0v) is 10.8. The lowest BCUT2D eigenvalue weighted by Gasteiger charge is -2.18. The fourth-order valence-corrected chi connectivity index (χ4v) is 2.37. The average molecular weight is 246 g/mol. The van der Waals surface area contributed by atoms with Crippen molar-refractivity contribution in [2.24, 2.45) is 0 Å². The number of para-hydroxylation sites is 2. The predicted molar refractivity (Wildman–Crippen MR) is 70.7 cm³/mol. The summed E-state index contributed by atoms with van der Waals surface area (Å²) in [6, 6.07) is 7.87. The first-order valence-electron chi connectivity index (χ1n) is 6.35. The van der Waals surface area contributed by atoms with Gasteiger partial charge in [0.25, 0.3) is 0 Å². The van der Waals surface area contributed by atoms with Gasteiger partial charge in [0, 0.05) is 12.5 Å². The smallest absolute Gasteiger partial charge is 0.305 e. The quantitative estimate of drug-likeness (QED) is 0.882. The number of aromatic nitrogens is 2. The van der Waals surface area contributed by atoms with Crippen LogP contribution < -0.4 is 0 Å². The first-order chi connectivity index (χ1) is 8.67. The van der Waals surface area contributed by atoms with Crippen LogP contribution in [0.2, 0.25) is 0 Å². The number of carboxylic acids is 1. The molecule has 0 amide bonds. The topological polar surface area (TPSA) is 55.1 Å². The average Bonchev–Trinajstić information content (AvgIpc) is 2.74. The number of carboxylic acid groups (broad SMARTS) is 1. The summed E-state index contributed by atoms with van der Waals surface area (Å²) in [4.78, 5) is 15.5. The molecule has 1 aromatic heterocycles. The van der Waals surface area contributed by atoms with E-state index in [4.69, 9.17) is 5.11 Å². The third kappa shape index (κ3) is 2.23. The summed E-state index contributed by atoms with van der Waals surface area (Å²) in [6.45, 7) is 4.06. The minimum absolute atomic E-state index is 0.0233. The molecule has 0 fully saturated rings. The van der Waals surface area contributed by atoms with Gasteiger partial charge in [-0.3, -0.25) is 4.79 Å². The minimum atomic E-state index is -0.762. The van der Waals surface area contributed by atoms with Crippen LogP contribution in [-0.4, -0.2) is 20.6 Å². The van der Waals surface area contributed by atoms with Gasteiger partial charge in [-0.1, -0.05) is 26.0 Å². The van der Waals surface area contributed by atoms with E-state index in [2.05, 4.69) is 9.55 Å². The number of nitrogens with zero attached hydrogens (tertiary/aromatic N) is 2. The molecule has 1 unspecified atom stereocenters. The van der Waals surface area contributed by atoms with Crippen molar-refractivity contribution in [1.29, 1.82) is 0 Å². The molecule has 0 saturated heterocycles. The molecule has 18 heavy (non-hydrogen) atoms. The number of aryl methyl sites for hydroxylation is 1. The monoisotopic (exact) mass is 246 g/mol. The molecule has 0 saturated carbocycles. The fourth-order valence-electron chi connectivity index (χ4n) is 2.37. The van der Waals surface area contributed by atoms with E-state index < -0.39 is 5.97 Å². The summed E-state index contributed by atoms with van der Waals surface area (Å²) in [6.07, 6.45) is 1.74. The lowest BCUT2D eigenvalue weighted by molar-refractivity contribution is -0.137. The summed E-state index contributed by atoms with van der Waals surface area (Å²) in [5.74, 6) is 0.200. The van der Waals surface area contributed by atoms with Crippen molar-refractivity contribution in [1.82, 2.24) is 9.55 Å². The highest BCUT2D eigenvalue weighted by Crippen LogP contribution is 2.25. The summed E-state index contributed by atoms with van der Waals surface area (Å²) in [7, 11) is 0. The van der Waals surface area contributed by atoms with Gasteiger partial charge in [0.2, 0.25) is 0 Å². The summed E-state index contributed by atoms with van der Waals surface area (Å²) < 4.78 is 2.09. The molecule has 0 aliphatic heterocycles. The second kappa shape index (κ2) is 5.21. The van der Waals surface area contributed by atoms with Crippen LogP contribution in [0.15, 0.2) is 24.3 Å². The highest BCUT2D eigenvalue weighted by atomic mass is 16.4. The van der Waals surface area contributed by atoms with Gasteiger partial charge in [-0.15, -0.1) is 0 Å². The molecule has 1 aromatic carbocycles. The van der Waals surface area contributed by atoms with Gasteiger partial charge in [-0.05, 0) is 18.6 Å². The van der Waals surface area contributed by atoms with Crippen molar-refractivity contribution < 1.29 is 9.90 Å². The van der Waals surface area contributed by atoms with Gasteiger partial charge in [0.1, 0.15) is 5.82 Å². The SMILES string of the molecule is CCc1nc2ccccc2n1C(CC)CC(=O)O.